The maximum atomic E-state index is 12.2. The van der Waals surface area contributed by atoms with Gasteiger partial charge in [-0.25, -0.2) is 0 Å². The van der Waals surface area contributed by atoms with E-state index in [1.165, 1.54) is 0 Å². The van der Waals surface area contributed by atoms with Crippen LogP contribution in [0.1, 0.15) is 12.8 Å². The first-order valence-electron chi connectivity index (χ1n) is 9.86. The molecule has 2 saturated heterocycles. The Labute approximate surface area is 170 Å². The van der Waals surface area contributed by atoms with Crippen LogP contribution in [0.3, 0.4) is 0 Å². The van der Waals surface area contributed by atoms with Crippen molar-refractivity contribution in [3.63, 3.8) is 0 Å². The Morgan fingerprint density at radius 1 is 1.03 bits per heavy atom. The highest BCUT2D eigenvalue weighted by atomic mass is 16.7. The van der Waals surface area contributed by atoms with Crippen LogP contribution in [0.5, 0.6) is 11.5 Å². The summed E-state index contributed by atoms with van der Waals surface area (Å²) in [6, 6.07) is 15.1. The number of amides is 1. The van der Waals surface area contributed by atoms with Crippen LogP contribution in [0.4, 0.5) is 11.4 Å². The molecule has 2 aliphatic rings. The molecule has 154 valence electrons. The highest BCUT2D eigenvalue weighted by Crippen LogP contribution is 2.33. The van der Waals surface area contributed by atoms with Gasteiger partial charge in [0.25, 0.3) is 5.91 Å². The molecule has 0 unspecified atom stereocenters. The molecular weight excluding hydrogens is 372 g/mol. The summed E-state index contributed by atoms with van der Waals surface area (Å²) in [7, 11) is 1.57. The van der Waals surface area contributed by atoms with Crippen molar-refractivity contribution in [1.29, 1.82) is 0 Å². The lowest BCUT2D eigenvalue weighted by Gasteiger charge is -2.38. The fourth-order valence-electron chi connectivity index (χ4n) is 3.73. The van der Waals surface area contributed by atoms with Gasteiger partial charge in [-0.05, 0) is 36.4 Å². The number of nitrogens with zero attached hydrogens (tertiary/aromatic N) is 1. The van der Waals surface area contributed by atoms with Crippen LogP contribution in [0.15, 0.2) is 48.5 Å². The van der Waals surface area contributed by atoms with Crippen molar-refractivity contribution in [3.05, 3.63) is 48.5 Å². The van der Waals surface area contributed by atoms with E-state index in [-0.39, 0.29) is 18.3 Å². The number of rotatable bonds is 6. The number of hydrogen-bond acceptors (Lipinski definition) is 6. The number of benzene rings is 2. The first-order chi connectivity index (χ1) is 14.2. The Balaban J connectivity index is 1.27. The molecule has 0 atom stereocenters. The zero-order chi connectivity index (χ0) is 20.1. The number of anilines is 2. The maximum absolute atomic E-state index is 12.2. The lowest BCUT2D eigenvalue weighted by atomic mass is 10.0. The van der Waals surface area contributed by atoms with Gasteiger partial charge in [0.15, 0.2) is 23.9 Å². The van der Waals surface area contributed by atoms with Crippen molar-refractivity contribution in [2.75, 3.05) is 50.2 Å². The molecule has 1 spiro atoms. The number of ether oxygens (including phenoxy) is 4. The van der Waals surface area contributed by atoms with Gasteiger partial charge in [-0.2, -0.15) is 0 Å². The van der Waals surface area contributed by atoms with Crippen molar-refractivity contribution in [3.8, 4) is 11.5 Å². The Kier molecular flexibility index (Phi) is 5.87. The minimum absolute atomic E-state index is 0.0870. The largest absolute Gasteiger partial charge is 0.493 e. The van der Waals surface area contributed by atoms with Crippen molar-refractivity contribution >= 4 is 17.3 Å². The van der Waals surface area contributed by atoms with Crippen molar-refractivity contribution in [2.45, 2.75) is 18.6 Å². The van der Waals surface area contributed by atoms with Crippen LogP contribution in [0, 0.1) is 0 Å². The molecular formula is C22H26N2O5. The molecule has 0 aliphatic carbocycles. The van der Waals surface area contributed by atoms with E-state index in [2.05, 4.69) is 10.2 Å². The molecule has 2 aromatic rings. The Morgan fingerprint density at radius 3 is 2.34 bits per heavy atom. The monoisotopic (exact) mass is 398 g/mol. The van der Waals surface area contributed by atoms with E-state index in [0.717, 1.165) is 37.3 Å². The summed E-state index contributed by atoms with van der Waals surface area (Å²) in [6.07, 6.45) is 1.73. The van der Waals surface area contributed by atoms with E-state index in [0.29, 0.717) is 24.7 Å². The summed E-state index contributed by atoms with van der Waals surface area (Å²) in [6.45, 7) is 3.07. The second kappa shape index (κ2) is 8.71. The van der Waals surface area contributed by atoms with Gasteiger partial charge in [0.1, 0.15) is 0 Å². The van der Waals surface area contributed by atoms with E-state index in [1.807, 2.05) is 36.4 Å². The van der Waals surface area contributed by atoms with Gasteiger partial charge >= 0.3 is 0 Å². The first-order valence-corrected chi connectivity index (χ1v) is 9.86. The van der Waals surface area contributed by atoms with Crippen LogP contribution in [-0.2, 0) is 14.3 Å². The summed E-state index contributed by atoms with van der Waals surface area (Å²) in [4.78, 5) is 14.5. The maximum Gasteiger partial charge on any atom is 0.262 e. The number of piperidine rings is 1. The lowest BCUT2D eigenvalue weighted by Crippen LogP contribution is -2.45. The minimum Gasteiger partial charge on any atom is -0.493 e. The Morgan fingerprint density at radius 2 is 1.69 bits per heavy atom. The van der Waals surface area contributed by atoms with Crippen LogP contribution in [0.2, 0.25) is 0 Å². The first kappa shape index (κ1) is 19.5. The predicted molar refractivity (Wildman–Crippen MR) is 110 cm³/mol. The Bertz CT molecular complexity index is 823. The third-order valence-electron chi connectivity index (χ3n) is 5.28. The standard InChI is InChI=1S/C22H26N2O5/c1-26-19-4-2-3-5-20(19)27-16-21(25)23-17-6-8-18(9-7-17)24-12-10-22(11-13-24)28-14-15-29-22/h2-9H,10-16H2,1H3,(H,23,25). The summed E-state index contributed by atoms with van der Waals surface area (Å²) in [5.74, 6) is 0.547. The average Bonchev–Trinajstić information content (AvgIpc) is 3.21. The van der Waals surface area contributed by atoms with Crippen LogP contribution >= 0.6 is 0 Å². The van der Waals surface area contributed by atoms with E-state index in [1.54, 1.807) is 19.2 Å². The third-order valence-corrected chi connectivity index (χ3v) is 5.28. The minimum atomic E-state index is -0.369. The van der Waals surface area contributed by atoms with Gasteiger partial charge in [0.2, 0.25) is 0 Å². The summed E-state index contributed by atoms with van der Waals surface area (Å²) in [5.41, 5.74) is 1.86. The highest BCUT2D eigenvalue weighted by Gasteiger charge is 2.39. The summed E-state index contributed by atoms with van der Waals surface area (Å²) < 4.78 is 22.3. The number of carbonyl (C=O) groups is 1. The smallest absolute Gasteiger partial charge is 0.262 e. The van der Waals surface area contributed by atoms with E-state index >= 15 is 0 Å². The molecule has 1 N–H and O–H groups in total. The SMILES string of the molecule is COc1ccccc1OCC(=O)Nc1ccc(N2CCC3(CC2)OCCO3)cc1. The number of nitrogens with one attached hydrogen (secondary N) is 1. The van der Waals surface area contributed by atoms with Gasteiger partial charge in [-0.1, -0.05) is 12.1 Å². The molecule has 1 amide bonds. The number of carbonyl (C=O) groups excluding carboxylic acids is 1. The molecule has 2 aromatic carbocycles. The molecule has 2 heterocycles. The average molecular weight is 398 g/mol. The van der Waals surface area contributed by atoms with Crippen molar-refractivity contribution in [1.82, 2.24) is 0 Å². The molecule has 0 radical (unpaired) electrons. The molecule has 0 bridgehead atoms. The topological polar surface area (TPSA) is 69.3 Å². The highest BCUT2D eigenvalue weighted by molar-refractivity contribution is 5.92. The molecule has 29 heavy (non-hydrogen) atoms. The molecule has 7 nitrogen and oxygen atoms in total. The second-order valence-corrected chi connectivity index (χ2v) is 7.13. The number of para-hydroxylation sites is 2. The molecule has 0 aromatic heterocycles. The van der Waals surface area contributed by atoms with E-state index in [9.17, 15) is 4.79 Å². The molecule has 2 aliphatic heterocycles. The van der Waals surface area contributed by atoms with Gasteiger partial charge < -0.3 is 29.2 Å². The fraction of sp³-hybridized carbons (Fsp3) is 0.409. The van der Waals surface area contributed by atoms with E-state index in [4.69, 9.17) is 18.9 Å². The van der Waals surface area contributed by atoms with Gasteiger partial charge in [0, 0.05) is 37.3 Å². The fourth-order valence-corrected chi connectivity index (χ4v) is 3.73. The van der Waals surface area contributed by atoms with Gasteiger partial charge in [-0.3, -0.25) is 4.79 Å². The zero-order valence-electron chi connectivity index (χ0n) is 16.6. The van der Waals surface area contributed by atoms with Crippen LogP contribution < -0.4 is 19.7 Å². The normalized spacial score (nSPS) is 17.9. The number of hydrogen-bond donors (Lipinski definition) is 1. The molecule has 2 fully saturated rings. The predicted octanol–water partition coefficient (Wildman–Crippen LogP) is 3.06. The summed E-state index contributed by atoms with van der Waals surface area (Å²) >= 11 is 0. The van der Waals surface area contributed by atoms with Crippen LogP contribution in [-0.4, -0.2) is 51.7 Å². The molecule has 7 heteroatoms. The zero-order valence-corrected chi connectivity index (χ0v) is 16.6. The van der Waals surface area contributed by atoms with Crippen LogP contribution in [0.25, 0.3) is 0 Å². The quantitative estimate of drug-likeness (QED) is 0.807. The second-order valence-electron chi connectivity index (χ2n) is 7.13. The van der Waals surface area contributed by atoms with Gasteiger partial charge in [-0.15, -0.1) is 0 Å². The Hall–Kier alpha value is -2.77. The van der Waals surface area contributed by atoms with E-state index < -0.39 is 0 Å². The van der Waals surface area contributed by atoms with Crippen molar-refractivity contribution < 1.29 is 23.7 Å². The summed E-state index contributed by atoms with van der Waals surface area (Å²) in [5, 5.41) is 2.86. The van der Waals surface area contributed by atoms with Gasteiger partial charge in [0.05, 0.1) is 20.3 Å². The number of methoxy groups -OCH3 is 1. The molecule has 4 rings (SSSR count). The molecule has 0 saturated carbocycles. The third kappa shape index (κ3) is 4.63. The van der Waals surface area contributed by atoms with Crippen molar-refractivity contribution in [2.24, 2.45) is 0 Å². The lowest BCUT2D eigenvalue weighted by molar-refractivity contribution is -0.169.